The number of hydrogen-bond donors (Lipinski definition) is 4. The zero-order valence-corrected chi connectivity index (χ0v) is 40.8. The highest BCUT2D eigenvalue weighted by Gasteiger charge is 2.25. The minimum atomic E-state index is -0.433. The van der Waals surface area contributed by atoms with Crippen LogP contribution in [0.2, 0.25) is 0 Å². The summed E-state index contributed by atoms with van der Waals surface area (Å²) in [5.74, 6) is -0.780. The number of benzene rings is 6. The Morgan fingerprint density at radius 3 is 1.01 bits per heavy atom. The van der Waals surface area contributed by atoms with Gasteiger partial charge in [0.2, 0.25) is 0 Å². The largest absolute Gasteiger partial charge is 0.445 e. The molecule has 0 fully saturated rings. The minimum Gasteiger partial charge on any atom is -0.445 e. The van der Waals surface area contributed by atoms with Crippen LogP contribution in [0.1, 0.15) is 55.6 Å². The fourth-order valence-electron chi connectivity index (χ4n) is 8.48. The first kappa shape index (κ1) is 57.1. The fraction of sp³-hybridized carbons (Fsp3) is 0.269. The molecule has 4 atom stereocenters. The van der Waals surface area contributed by atoms with E-state index in [4.69, 9.17) is 20.9 Å². The van der Waals surface area contributed by atoms with Crippen LogP contribution in [0.3, 0.4) is 0 Å². The molecule has 0 saturated carbocycles. The van der Waals surface area contributed by atoms with Gasteiger partial charge in [0.05, 0.1) is 0 Å². The Hall–Kier alpha value is -5.22. The molecule has 4 aliphatic carbocycles. The molecular formula is C52H58Cl2F4N4O4S2. The second-order valence-corrected chi connectivity index (χ2v) is 16.6. The highest BCUT2D eigenvalue weighted by molar-refractivity contribution is 7.59. The quantitative estimate of drug-likeness (QED) is 0.123. The lowest BCUT2D eigenvalue weighted by molar-refractivity contribution is 0.135. The zero-order chi connectivity index (χ0) is 45.0. The van der Waals surface area contributed by atoms with E-state index in [1.54, 1.807) is 24.3 Å². The molecule has 6 aromatic rings. The standard InChI is InChI=1S/2C17H16FNO2.2C9H10FN.2ClH.2H2S/c2*18-15-7-6-13-9-16(10-14(13)8-15)19-17(20)21-11-12-4-2-1-3-5-12;2*10-8-2-1-6-4-9(11)5-7(6)3-8;;;;/h2*1-8,16H,9-11H2,(H,19,20);2*1-3,9H,4-5,11H2;2*1H;2*1H2/t2*16-;2*9-;;;;/m1010..../s1. The number of alkyl carbamates (subject to hydrolysis) is 2. The maximum Gasteiger partial charge on any atom is 0.407 e. The molecule has 2 amide bonds. The normalized spacial score (nSPS) is 17.1. The Bertz CT molecular complexity index is 2380. The Morgan fingerprint density at radius 1 is 0.426 bits per heavy atom. The number of hydrogen-bond acceptors (Lipinski definition) is 6. The minimum absolute atomic E-state index is 0. The van der Waals surface area contributed by atoms with Gasteiger partial charge in [0.25, 0.3) is 0 Å². The third-order valence-corrected chi connectivity index (χ3v) is 11.5. The number of halogens is 6. The van der Waals surface area contributed by atoms with Crippen LogP contribution in [-0.2, 0) is 74.1 Å². The van der Waals surface area contributed by atoms with Crippen molar-refractivity contribution in [2.45, 2.75) is 88.7 Å². The molecule has 16 heteroatoms. The second kappa shape index (κ2) is 27.7. The van der Waals surface area contributed by atoms with Gasteiger partial charge in [0.1, 0.15) is 36.5 Å². The smallest absolute Gasteiger partial charge is 0.407 e. The molecule has 0 heterocycles. The average Bonchev–Trinajstić information content (AvgIpc) is 4.06. The van der Waals surface area contributed by atoms with E-state index < -0.39 is 12.2 Å². The van der Waals surface area contributed by atoms with Gasteiger partial charge < -0.3 is 31.6 Å². The van der Waals surface area contributed by atoms with Gasteiger partial charge in [0.15, 0.2) is 0 Å². The molecule has 364 valence electrons. The van der Waals surface area contributed by atoms with E-state index >= 15 is 0 Å². The molecule has 0 radical (unpaired) electrons. The van der Waals surface area contributed by atoms with Crippen LogP contribution in [0.25, 0.3) is 0 Å². The Morgan fingerprint density at radius 2 is 0.691 bits per heavy atom. The summed E-state index contributed by atoms with van der Waals surface area (Å²) in [4.78, 5) is 23.6. The van der Waals surface area contributed by atoms with Crippen LogP contribution in [0, 0.1) is 23.3 Å². The van der Waals surface area contributed by atoms with Gasteiger partial charge in [-0.1, -0.05) is 84.9 Å². The second-order valence-electron chi connectivity index (χ2n) is 16.6. The Kier molecular flexibility index (Phi) is 23.3. The summed E-state index contributed by atoms with van der Waals surface area (Å²) >= 11 is 0. The zero-order valence-electron chi connectivity index (χ0n) is 37.2. The predicted octanol–water partition coefficient (Wildman–Crippen LogP) is 10.0. The summed E-state index contributed by atoms with van der Waals surface area (Å²) in [7, 11) is 0. The number of amides is 2. The molecule has 0 saturated heterocycles. The van der Waals surface area contributed by atoms with Crippen molar-refractivity contribution in [2.24, 2.45) is 11.5 Å². The molecular weight excluding hydrogens is 956 g/mol. The average molecular weight is 1010 g/mol. The number of nitrogens with one attached hydrogen (secondary N) is 2. The first-order chi connectivity index (χ1) is 30.9. The van der Waals surface area contributed by atoms with Gasteiger partial charge in [0, 0.05) is 24.2 Å². The van der Waals surface area contributed by atoms with Crippen LogP contribution in [0.5, 0.6) is 0 Å². The van der Waals surface area contributed by atoms with Crippen LogP contribution in [0.4, 0.5) is 27.2 Å². The molecule has 0 unspecified atom stereocenters. The molecule has 0 bridgehead atoms. The highest BCUT2D eigenvalue weighted by Crippen LogP contribution is 2.25. The first-order valence-electron chi connectivity index (χ1n) is 21.5. The van der Waals surface area contributed by atoms with Crippen molar-refractivity contribution < 1.29 is 36.6 Å². The predicted molar refractivity (Wildman–Crippen MR) is 274 cm³/mol. The van der Waals surface area contributed by atoms with Crippen molar-refractivity contribution >= 4 is 64.0 Å². The van der Waals surface area contributed by atoms with Crippen LogP contribution < -0.4 is 22.1 Å². The Labute approximate surface area is 421 Å². The topological polar surface area (TPSA) is 129 Å². The van der Waals surface area contributed by atoms with Gasteiger partial charge >= 0.3 is 12.2 Å². The molecule has 10 rings (SSSR count). The van der Waals surface area contributed by atoms with Gasteiger partial charge in [-0.3, -0.25) is 0 Å². The molecule has 6 aromatic carbocycles. The molecule has 8 nitrogen and oxygen atoms in total. The lowest BCUT2D eigenvalue weighted by Crippen LogP contribution is -2.35. The fourth-order valence-corrected chi connectivity index (χ4v) is 8.48. The molecule has 68 heavy (non-hydrogen) atoms. The summed E-state index contributed by atoms with van der Waals surface area (Å²) in [5, 5.41) is 5.66. The number of rotatable bonds is 6. The maximum absolute atomic E-state index is 13.1. The van der Waals surface area contributed by atoms with E-state index in [0.717, 1.165) is 83.0 Å². The van der Waals surface area contributed by atoms with E-state index in [-0.39, 0.29) is 112 Å². The molecule has 0 aliphatic heterocycles. The van der Waals surface area contributed by atoms with Gasteiger partial charge in [-0.15, -0.1) is 24.8 Å². The third kappa shape index (κ3) is 17.1. The highest BCUT2D eigenvalue weighted by atomic mass is 35.5. The molecule has 0 aromatic heterocycles. The number of nitrogens with two attached hydrogens (primary N) is 2. The van der Waals surface area contributed by atoms with Crippen molar-refractivity contribution in [1.29, 1.82) is 0 Å². The Balaban J connectivity index is 0.000000245. The summed E-state index contributed by atoms with van der Waals surface area (Å²) in [6, 6.07) is 38.8. The summed E-state index contributed by atoms with van der Waals surface area (Å²) in [6.45, 7) is 0.502. The number of carbonyl (C=O) groups excluding carboxylic acids is 2. The van der Waals surface area contributed by atoms with Crippen LogP contribution in [-0.4, -0.2) is 36.4 Å². The lowest BCUT2D eigenvalue weighted by Gasteiger charge is -2.12. The van der Waals surface area contributed by atoms with Crippen LogP contribution >= 0.6 is 51.8 Å². The van der Waals surface area contributed by atoms with E-state index in [0.29, 0.717) is 12.8 Å². The molecule has 0 spiro atoms. The maximum atomic E-state index is 13.1. The van der Waals surface area contributed by atoms with E-state index in [1.165, 1.54) is 47.5 Å². The van der Waals surface area contributed by atoms with Gasteiger partial charge in [-0.2, -0.15) is 27.0 Å². The summed E-state index contributed by atoms with van der Waals surface area (Å²) in [5.41, 5.74) is 22.0. The van der Waals surface area contributed by atoms with E-state index in [2.05, 4.69) is 10.6 Å². The molecule has 6 N–H and O–H groups in total. The number of ether oxygens (including phenoxy) is 2. The third-order valence-electron chi connectivity index (χ3n) is 11.5. The monoisotopic (exact) mass is 1010 g/mol. The number of fused-ring (bicyclic) bond motifs is 4. The van der Waals surface area contributed by atoms with Crippen molar-refractivity contribution in [2.75, 3.05) is 0 Å². The lowest BCUT2D eigenvalue weighted by atomic mass is 10.1. The summed E-state index contributed by atoms with van der Waals surface area (Å²) < 4.78 is 62.0. The van der Waals surface area contributed by atoms with Crippen molar-refractivity contribution in [3.63, 3.8) is 0 Å². The van der Waals surface area contributed by atoms with E-state index in [9.17, 15) is 27.2 Å². The summed E-state index contributed by atoms with van der Waals surface area (Å²) in [6.07, 6.45) is 5.31. The van der Waals surface area contributed by atoms with Crippen molar-refractivity contribution in [1.82, 2.24) is 10.6 Å². The van der Waals surface area contributed by atoms with E-state index in [1.807, 2.05) is 72.8 Å². The number of carbonyl (C=O) groups is 2. The van der Waals surface area contributed by atoms with Crippen molar-refractivity contribution in [3.05, 3.63) is 212 Å². The SMILES string of the molecule is Cl.Cl.N[C@@H]1Cc2ccc(F)cc2C1.N[C@H]1Cc2ccc(F)cc2C1.O=C(N[C@@H]1Cc2ccc(F)cc2C1)OCc1ccccc1.O=C(N[C@H]1Cc2ccc(F)cc2C1)OCc1ccccc1.S.S. The van der Waals surface area contributed by atoms with Crippen LogP contribution in [0.15, 0.2) is 133 Å². The first-order valence-corrected chi connectivity index (χ1v) is 21.5. The van der Waals surface area contributed by atoms with Crippen molar-refractivity contribution in [3.8, 4) is 0 Å². The van der Waals surface area contributed by atoms with Gasteiger partial charge in [-0.25, -0.2) is 27.2 Å². The van der Waals surface area contributed by atoms with Gasteiger partial charge in [-0.05, 0) is 156 Å². The molecule has 4 aliphatic rings.